The summed E-state index contributed by atoms with van der Waals surface area (Å²) in [5.74, 6) is 0. The lowest BCUT2D eigenvalue weighted by Crippen LogP contribution is -1.87. The van der Waals surface area contributed by atoms with Gasteiger partial charge in [0.2, 0.25) is 0 Å². The van der Waals surface area contributed by atoms with Gasteiger partial charge in [-0.05, 0) is 53.3 Å². The van der Waals surface area contributed by atoms with Gasteiger partial charge in [-0.15, -0.1) is 0 Å². The molecular formula is C16H12IN. The van der Waals surface area contributed by atoms with E-state index in [4.69, 9.17) is 4.98 Å². The Labute approximate surface area is 120 Å². The predicted molar refractivity (Wildman–Crippen MR) is 84.6 cm³/mol. The first-order chi connectivity index (χ1) is 8.74. The third-order valence-electron chi connectivity index (χ3n) is 3.06. The molecule has 1 heterocycles. The van der Waals surface area contributed by atoms with Gasteiger partial charge in [0.05, 0.1) is 11.2 Å². The fraction of sp³-hybridized carbons (Fsp3) is 0.0625. The van der Waals surface area contributed by atoms with E-state index in [2.05, 4.69) is 84.1 Å². The molecule has 1 nitrogen and oxygen atoms in total. The Kier molecular flexibility index (Phi) is 3.04. The van der Waals surface area contributed by atoms with E-state index in [9.17, 15) is 0 Å². The second kappa shape index (κ2) is 4.69. The van der Waals surface area contributed by atoms with E-state index in [-0.39, 0.29) is 0 Å². The largest absolute Gasteiger partial charge is 0.248 e. The molecule has 0 spiro atoms. The smallest absolute Gasteiger partial charge is 0.0738 e. The number of aromatic nitrogens is 1. The first-order valence-electron chi connectivity index (χ1n) is 5.86. The molecule has 0 N–H and O–H groups in total. The van der Waals surface area contributed by atoms with Crippen LogP contribution in [0.4, 0.5) is 0 Å². The number of fused-ring (bicyclic) bond motifs is 1. The highest BCUT2D eigenvalue weighted by atomic mass is 127. The topological polar surface area (TPSA) is 12.9 Å². The fourth-order valence-electron chi connectivity index (χ4n) is 2.08. The number of hydrogen-bond acceptors (Lipinski definition) is 1. The second-order valence-electron chi connectivity index (χ2n) is 4.35. The van der Waals surface area contributed by atoms with E-state index in [0.29, 0.717) is 0 Å². The molecule has 3 rings (SSSR count). The minimum Gasteiger partial charge on any atom is -0.248 e. The minimum absolute atomic E-state index is 1.04. The number of para-hydroxylation sites is 1. The van der Waals surface area contributed by atoms with Gasteiger partial charge in [0.25, 0.3) is 0 Å². The van der Waals surface area contributed by atoms with Gasteiger partial charge in [-0.2, -0.15) is 0 Å². The molecule has 2 heteroatoms. The van der Waals surface area contributed by atoms with Crippen LogP contribution in [-0.2, 0) is 0 Å². The third kappa shape index (κ3) is 2.12. The van der Waals surface area contributed by atoms with Crippen molar-refractivity contribution in [3.63, 3.8) is 0 Å². The summed E-state index contributed by atoms with van der Waals surface area (Å²) >= 11 is 2.31. The van der Waals surface area contributed by atoms with Crippen molar-refractivity contribution in [3.05, 3.63) is 63.7 Å². The number of rotatable bonds is 1. The Bertz CT molecular complexity index is 702. The van der Waals surface area contributed by atoms with Crippen molar-refractivity contribution in [2.24, 2.45) is 0 Å². The molecule has 2 aromatic carbocycles. The molecule has 1 aromatic heterocycles. The van der Waals surface area contributed by atoms with E-state index >= 15 is 0 Å². The molecule has 88 valence electrons. The van der Waals surface area contributed by atoms with Crippen LogP contribution in [-0.4, -0.2) is 4.98 Å². The summed E-state index contributed by atoms with van der Waals surface area (Å²) in [7, 11) is 0. The monoisotopic (exact) mass is 345 g/mol. The van der Waals surface area contributed by atoms with Gasteiger partial charge in [0.1, 0.15) is 0 Å². The summed E-state index contributed by atoms with van der Waals surface area (Å²) in [4.78, 5) is 4.77. The van der Waals surface area contributed by atoms with Gasteiger partial charge in [-0.3, -0.25) is 0 Å². The maximum atomic E-state index is 4.77. The molecule has 0 saturated heterocycles. The SMILES string of the molecule is Cc1cccc2ccc(-c3ccc(I)cc3)nc12. The van der Waals surface area contributed by atoms with Crippen LogP contribution in [0.2, 0.25) is 0 Å². The van der Waals surface area contributed by atoms with Crippen LogP contribution in [0.15, 0.2) is 54.6 Å². The maximum absolute atomic E-state index is 4.77. The van der Waals surface area contributed by atoms with Gasteiger partial charge in [-0.1, -0.05) is 36.4 Å². The Morgan fingerprint density at radius 2 is 1.67 bits per heavy atom. The predicted octanol–water partition coefficient (Wildman–Crippen LogP) is 4.81. The van der Waals surface area contributed by atoms with Crippen LogP contribution >= 0.6 is 22.6 Å². The second-order valence-corrected chi connectivity index (χ2v) is 5.60. The zero-order valence-corrected chi connectivity index (χ0v) is 12.2. The van der Waals surface area contributed by atoms with Gasteiger partial charge < -0.3 is 0 Å². The summed E-state index contributed by atoms with van der Waals surface area (Å²) in [5.41, 5.74) is 4.52. The average molecular weight is 345 g/mol. The lowest BCUT2D eigenvalue weighted by molar-refractivity contribution is 1.36. The summed E-state index contributed by atoms with van der Waals surface area (Å²) < 4.78 is 1.24. The number of pyridine rings is 1. The summed E-state index contributed by atoms with van der Waals surface area (Å²) in [6.07, 6.45) is 0. The molecule has 0 amide bonds. The molecule has 0 atom stereocenters. The van der Waals surface area contributed by atoms with Crippen molar-refractivity contribution in [2.45, 2.75) is 6.92 Å². The summed E-state index contributed by atoms with van der Waals surface area (Å²) in [5, 5.41) is 1.20. The van der Waals surface area contributed by atoms with E-state index in [0.717, 1.165) is 11.2 Å². The number of aryl methyl sites for hydroxylation is 1. The van der Waals surface area contributed by atoms with Crippen molar-refractivity contribution in [1.82, 2.24) is 4.98 Å². The van der Waals surface area contributed by atoms with Gasteiger partial charge in [-0.25, -0.2) is 4.98 Å². The molecule has 0 fully saturated rings. The molecular weight excluding hydrogens is 333 g/mol. The molecule has 18 heavy (non-hydrogen) atoms. The lowest BCUT2D eigenvalue weighted by Gasteiger charge is -2.05. The average Bonchev–Trinajstić information content (AvgIpc) is 2.40. The van der Waals surface area contributed by atoms with Crippen molar-refractivity contribution < 1.29 is 0 Å². The van der Waals surface area contributed by atoms with Gasteiger partial charge >= 0.3 is 0 Å². The van der Waals surface area contributed by atoms with E-state index < -0.39 is 0 Å². The summed E-state index contributed by atoms with van der Waals surface area (Å²) in [6, 6.07) is 19.0. The number of benzene rings is 2. The standard InChI is InChI=1S/C16H12IN/c1-11-3-2-4-13-7-10-15(18-16(11)13)12-5-8-14(17)9-6-12/h2-10H,1H3. The Morgan fingerprint density at radius 1 is 0.889 bits per heavy atom. The first kappa shape index (κ1) is 11.7. The zero-order valence-electron chi connectivity index (χ0n) is 10.0. The van der Waals surface area contributed by atoms with E-state index in [1.54, 1.807) is 0 Å². The molecule has 0 aliphatic carbocycles. The molecule has 0 unspecified atom stereocenters. The maximum Gasteiger partial charge on any atom is 0.0738 e. The molecule has 3 aromatic rings. The zero-order chi connectivity index (χ0) is 12.5. The van der Waals surface area contributed by atoms with Gasteiger partial charge in [0.15, 0.2) is 0 Å². The lowest BCUT2D eigenvalue weighted by atomic mass is 10.1. The van der Waals surface area contributed by atoms with Crippen LogP contribution < -0.4 is 0 Å². The minimum atomic E-state index is 1.04. The van der Waals surface area contributed by atoms with E-state index in [1.165, 1.54) is 20.1 Å². The van der Waals surface area contributed by atoms with Crippen LogP contribution in [0, 0.1) is 10.5 Å². The van der Waals surface area contributed by atoms with Crippen LogP contribution in [0.1, 0.15) is 5.56 Å². The third-order valence-corrected chi connectivity index (χ3v) is 3.78. The van der Waals surface area contributed by atoms with Crippen molar-refractivity contribution in [1.29, 1.82) is 0 Å². The Balaban J connectivity index is 2.18. The van der Waals surface area contributed by atoms with Crippen molar-refractivity contribution in [3.8, 4) is 11.3 Å². The van der Waals surface area contributed by atoms with Crippen LogP contribution in [0.25, 0.3) is 22.2 Å². The molecule has 0 aliphatic rings. The number of halogens is 1. The fourth-order valence-corrected chi connectivity index (χ4v) is 2.44. The number of nitrogens with zero attached hydrogens (tertiary/aromatic N) is 1. The molecule has 0 bridgehead atoms. The quantitative estimate of drug-likeness (QED) is 0.577. The summed E-state index contributed by atoms with van der Waals surface area (Å²) in [6.45, 7) is 2.10. The first-order valence-corrected chi connectivity index (χ1v) is 6.94. The molecule has 0 aliphatic heterocycles. The highest BCUT2D eigenvalue weighted by Gasteiger charge is 2.03. The van der Waals surface area contributed by atoms with Crippen LogP contribution in [0.5, 0.6) is 0 Å². The number of hydrogen-bond donors (Lipinski definition) is 0. The van der Waals surface area contributed by atoms with Crippen molar-refractivity contribution >= 4 is 33.5 Å². The molecule has 0 saturated carbocycles. The van der Waals surface area contributed by atoms with Gasteiger partial charge in [0, 0.05) is 14.5 Å². The Morgan fingerprint density at radius 3 is 2.44 bits per heavy atom. The normalized spacial score (nSPS) is 10.8. The highest BCUT2D eigenvalue weighted by molar-refractivity contribution is 14.1. The Hall–Kier alpha value is -1.42. The molecule has 0 radical (unpaired) electrons. The van der Waals surface area contributed by atoms with Crippen molar-refractivity contribution in [2.75, 3.05) is 0 Å². The highest BCUT2D eigenvalue weighted by Crippen LogP contribution is 2.23. The van der Waals surface area contributed by atoms with Crippen LogP contribution in [0.3, 0.4) is 0 Å². The van der Waals surface area contributed by atoms with E-state index in [1.807, 2.05) is 0 Å².